The van der Waals surface area contributed by atoms with E-state index in [0.717, 1.165) is 18.7 Å². The van der Waals surface area contributed by atoms with Gasteiger partial charge < -0.3 is 10.4 Å². The summed E-state index contributed by atoms with van der Waals surface area (Å²) in [5.41, 5.74) is 1.14. The van der Waals surface area contributed by atoms with E-state index in [0.29, 0.717) is 17.3 Å². The van der Waals surface area contributed by atoms with Crippen molar-refractivity contribution in [2.45, 2.75) is 39.0 Å². The number of aromatic nitrogens is 1. The Kier molecular flexibility index (Phi) is 4.18. The van der Waals surface area contributed by atoms with Crippen molar-refractivity contribution >= 4 is 11.8 Å². The van der Waals surface area contributed by atoms with Gasteiger partial charge in [0, 0.05) is 12.2 Å². The smallest absolute Gasteiger partial charge is 0.335 e. The molecule has 1 aliphatic carbocycles. The molecule has 0 bridgehead atoms. The zero-order valence-corrected chi connectivity index (χ0v) is 10.8. The third-order valence-corrected chi connectivity index (χ3v) is 3.53. The zero-order valence-electron chi connectivity index (χ0n) is 10.8. The topological polar surface area (TPSA) is 62.2 Å². The molecule has 1 saturated carbocycles. The molecule has 4 heteroatoms. The highest BCUT2D eigenvalue weighted by atomic mass is 16.4. The summed E-state index contributed by atoms with van der Waals surface area (Å²) >= 11 is 0. The lowest BCUT2D eigenvalue weighted by molar-refractivity contribution is 0.0696. The highest BCUT2D eigenvalue weighted by Crippen LogP contribution is 2.25. The van der Waals surface area contributed by atoms with E-state index in [1.807, 2.05) is 6.92 Å². The SMILES string of the molecule is CCc1cc(C(=O)O)cc(NCC2CCCC2)n1. The van der Waals surface area contributed by atoms with E-state index in [1.165, 1.54) is 25.7 Å². The number of hydrogen-bond acceptors (Lipinski definition) is 3. The van der Waals surface area contributed by atoms with Crippen molar-refractivity contribution in [1.29, 1.82) is 0 Å². The molecule has 4 nitrogen and oxygen atoms in total. The first-order valence-electron chi connectivity index (χ1n) is 6.67. The van der Waals surface area contributed by atoms with Gasteiger partial charge in [-0.05, 0) is 37.3 Å². The van der Waals surface area contributed by atoms with Crippen LogP contribution in [-0.2, 0) is 6.42 Å². The summed E-state index contributed by atoms with van der Waals surface area (Å²) in [6.07, 6.45) is 5.92. The molecule has 0 radical (unpaired) electrons. The number of hydrogen-bond donors (Lipinski definition) is 2. The third-order valence-electron chi connectivity index (χ3n) is 3.53. The molecule has 0 aromatic carbocycles. The highest BCUT2D eigenvalue weighted by Gasteiger charge is 2.15. The second-order valence-electron chi connectivity index (χ2n) is 4.92. The van der Waals surface area contributed by atoms with Crippen LogP contribution in [0.25, 0.3) is 0 Å². The Balaban J connectivity index is 2.05. The minimum atomic E-state index is -0.893. The number of nitrogens with one attached hydrogen (secondary N) is 1. The first-order valence-corrected chi connectivity index (χ1v) is 6.67. The Morgan fingerprint density at radius 1 is 1.44 bits per heavy atom. The minimum absolute atomic E-state index is 0.316. The summed E-state index contributed by atoms with van der Waals surface area (Å²) in [7, 11) is 0. The van der Waals surface area contributed by atoms with Crippen LogP contribution in [0.3, 0.4) is 0 Å². The number of pyridine rings is 1. The minimum Gasteiger partial charge on any atom is -0.478 e. The van der Waals surface area contributed by atoms with Crippen LogP contribution in [0.5, 0.6) is 0 Å². The van der Waals surface area contributed by atoms with E-state index >= 15 is 0 Å². The number of anilines is 1. The summed E-state index contributed by atoms with van der Waals surface area (Å²) in [5, 5.41) is 12.3. The molecular formula is C14H20N2O2. The van der Waals surface area contributed by atoms with Gasteiger partial charge in [0.2, 0.25) is 0 Å². The van der Waals surface area contributed by atoms with Crippen molar-refractivity contribution in [2.75, 3.05) is 11.9 Å². The fraction of sp³-hybridized carbons (Fsp3) is 0.571. The molecule has 1 aromatic rings. The number of carbonyl (C=O) groups is 1. The monoisotopic (exact) mass is 248 g/mol. The van der Waals surface area contributed by atoms with E-state index in [2.05, 4.69) is 10.3 Å². The molecule has 98 valence electrons. The summed E-state index contributed by atoms with van der Waals surface area (Å²) in [6.45, 7) is 2.88. The average Bonchev–Trinajstić information content (AvgIpc) is 2.89. The van der Waals surface area contributed by atoms with Crippen molar-refractivity contribution in [3.05, 3.63) is 23.4 Å². The number of rotatable bonds is 5. The Hall–Kier alpha value is -1.58. The standard InChI is InChI=1S/C14H20N2O2/c1-2-12-7-11(14(17)18)8-13(16-12)15-9-10-5-3-4-6-10/h7-8,10H,2-6,9H2,1H3,(H,15,16)(H,17,18). The van der Waals surface area contributed by atoms with Crippen LogP contribution < -0.4 is 5.32 Å². The lowest BCUT2D eigenvalue weighted by Gasteiger charge is -2.12. The molecule has 0 amide bonds. The van der Waals surface area contributed by atoms with Crippen molar-refractivity contribution in [2.24, 2.45) is 5.92 Å². The maximum Gasteiger partial charge on any atom is 0.335 e. The summed E-state index contributed by atoms with van der Waals surface area (Å²) < 4.78 is 0. The number of aromatic carboxylic acids is 1. The highest BCUT2D eigenvalue weighted by molar-refractivity contribution is 5.88. The molecular weight excluding hydrogens is 228 g/mol. The van der Waals surface area contributed by atoms with Crippen LogP contribution in [0.15, 0.2) is 12.1 Å². The molecule has 1 aromatic heterocycles. The number of aryl methyl sites for hydroxylation is 1. The van der Waals surface area contributed by atoms with Crippen LogP contribution in [-0.4, -0.2) is 22.6 Å². The molecule has 1 heterocycles. The lowest BCUT2D eigenvalue weighted by atomic mass is 10.1. The van der Waals surface area contributed by atoms with Crippen LogP contribution in [0.2, 0.25) is 0 Å². The second-order valence-corrected chi connectivity index (χ2v) is 4.92. The summed E-state index contributed by atoms with van der Waals surface area (Å²) in [6, 6.07) is 3.26. The molecule has 0 aliphatic heterocycles. The number of carboxylic acid groups (broad SMARTS) is 1. The largest absolute Gasteiger partial charge is 0.478 e. The average molecular weight is 248 g/mol. The third kappa shape index (κ3) is 3.22. The Labute approximate surface area is 107 Å². The van der Waals surface area contributed by atoms with Gasteiger partial charge in [-0.25, -0.2) is 9.78 Å². The molecule has 0 spiro atoms. The van der Waals surface area contributed by atoms with Crippen LogP contribution in [0, 0.1) is 5.92 Å². The van der Waals surface area contributed by atoms with Gasteiger partial charge in [0.05, 0.1) is 5.56 Å². The molecule has 2 rings (SSSR count). The van der Waals surface area contributed by atoms with Gasteiger partial charge in [0.15, 0.2) is 0 Å². The second kappa shape index (κ2) is 5.85. The van der Waals surface area contributed by atoms with Crippen LogP contribution in [0.4, 0.5) is 5.82 Å². The molecule has 0 saturated heterocycles. The Bertz CT molecular complexity index is 426. The number of carboxylic acids is 1. The van der Waals surface area contributed by atoms with E-state index in [4.69, 9.17) is 5.11 Å². The van der Waals surface area contributed by atoms with Crippen molar-refractivity contribution in [1.82, 2.24) is 4.98 Å². The fourth-order valence-electron chi connectivity index (χ4n) is 2.45. The van der Waals surface area contributed by atoms with Crippen molar-refractivity contribution in [3.8, 4) is 0 Å². The fourth-order valence-corrected chi connectivity index (χ4v) is 2.45. The normalized spacial score (nSPS) is 15.8. The van der Waals surface area contributed by atoms with Crippen LogP contribution in [0.1, 0.15) is 48.7 Å². The van der Waals surface area contributed by atoms with Gasteiger partial charge in [-0.3, -0.25) is 0 Å². The Morgan fingerprint density at radius 2 is 2.17 bits per heavy atom. The zero-order chi connectivity index (χ0) is 13.0. The predicted molar refractivity (Wildman–Crippen MR) is 71.0 cm³/mol. The van der Waals surface area contributed by atoms with Crippen LogP contribution >= 0.6 is 0 Å². The molecule has 1 fully saturated rings. The van der Waals surface area contributed by atoms with Crippen molar-refractivity contribution in [3.63, 3.8) is 0 Å². The van der Waals surface area contributed by atoms with Gasteiger partial charge >= 0.3 is 5.97 Å². The summed E-state index contributed by atoms with van der Waals surface area (Å²) in [5.74, 6) is 0.514. The molecule has 0 atom stereocenters. The van der Waals surface area contributed by atoms with E-state index in [-0.39, 0.29) is 0 Å². The molecule has 18 heavy (non-hydrogen) atoms. The van der Waals surface area contributed by atoms with Gasteiger partial charge in [-0.1, -0.05) is 19.8 Å². The first kappa shape index (κ1) is 12.9. The van der Waals surface area contributed by atoms with Gasteiger partial charge in [0.25, 0.3) is 0 Å². The maximum absolute atomic E-state index is 11.0. The quantitative estimate of drug-likeness (QED) is 0.841. The van der Waals surface area contributed by atoms with Gasteiger partial charge in [-0.2, -0.15) is 0 Å². The first-order chi connectivity index (χ1) is 8.69. The van der Waals surface area contributed by atoms with E-state index < -0.39 is 5.97 Å². The number of nitrogens with zero attached hydrogens (tertiary/aromatic N) is 1. The molecule has 1 aliphatic rings. The lowest BCUT2D eigenvalue weighted by Crippen LogP contribution is -2.13. The maximum atomic E-state index is 11.0. The van der Waals surface area contributed by atoms with E-state index in [9.17, 15) is 4.79 Å². The summed E-state index contributed by atoms with van der Waals surface area (Å²) in [4.78, 5) is 15.4. The van der Waals surface area contributed by atoms with Gasteiger partial charge in [0.1, 0.15) is 5.82 Å². The van der Waals surface area contributed by atoms with E-state index in [1.54, 1.807) is 12.1 Å². The predicted octanol–water partition coefficient (Wildman–Crippen LogP) is 2.94. The Morgan fingerprint density at radius 3 is 2.78 bits per heavy atom. The van der Waals surface area contributed by atoms with Crippen molar-refractivity contribution < 1.29 is 9.90 Å². The van der Waals surface area contributed by atoms with Gasteiger partial charge in [-0.15, -0.1) is 0 Å². The molecule has 2 N–H and O–H groups in total. The molecule has 0 unspecified atom stereocenters.